The zero-order valence-corrected chi connectivity index (χ0v) is 9.48. The third-order valence-corrected chi connectivity index (χ3v) is 2.73. The van der Waals surface area contributed by atoms with Crippen LogP contribution in [0.15, 0.2) is 17.5 Å². The highest BCUT2D eigenvalue weighted by Crippen LogP contribution is 2.31. The lowest BCUT2D eigenvalue weighted by molar-refractivity contribution is -0.0525. The molecule has 0 radical (unpaired) electrons. The van der Waals surface area contributed by atoms with Crippen LogP contribution in [0.1, 0.15) is 0 Å². The molecule has 0 atom stereocenters. The molecule has 0 saturated carbocycles. The number of nitrogen functional groups attached to an aromatic ring is 1. The molecule has 3 nitrogen and oxygen atoms in total. The van der Waals surface area contributed by atoms with Crippen LogP contribution in [0.4, 0.5) is 22.7 Å². The zero-order valence-electron chi connectivity index (χ0n) is 8.66. The lowest BCUT2D eigenvalue weighted by atomic mass is 10.1. The SMILES string of the molecule is Nc1nc(-c2ccc(OC(F)F)c(F)c2F)cs1. The van der Waals surface area contributed by atoms with Gasteiger partial charge < -0.3 is 10.5 Å². The van der Waals surface area contributed by atoms with Gasteiger partial charge in [-0.2, -0.15) is 13.2 Å². The number of rotatable bonds is 3. The number of hydrogen-bond acceptors (Lipinski definition) is 4. The first kappa shape index (κ1) is 12.6. The van der Waals surface area contributed by atoms with Gasteiger partial charge in [0.2, 0.25) is 5.82 Å². The van der Waals surface area contributed by atoms with E-state index in [1.54, 1.807) is 0 Å². The first-order chi connectivity index (χ1) is 8.49. The fraction of sp³-hybridized carbons (Fsp3) is 0.100. The second-order valence-corrected chi connectivity index (χ2v) is 4.08. The summed E-state index contributed by atoms with van der Waals surface area (Å²) < 4.78 is 54.7. The molecule has 0 spiro atoms. The van der Waals surface area contributed by atoms with E-state index in [0.717, 1.165) is 23.5 Å². The van der Waals surface area contributed by atoms with Gasteiger partial charge in [0.05, 0.1) is 5.69 Å². The number of anilines is 1. The molecule has 18 heavy (non-hydrogen) atoms. The summed E-state index contributed by atoms with van der Waals surface area (Å²) in [6.45, 7) is -3.22. The highest BCUT2D eigenvalue weighted by molar-refractivity contribution is 7.13. The lowest BCUT2D eigenvalue weighted by Crippen LogP contribution is -2.05. The van der Waals surface area contributed by atoms with Crippen LogP contribution in [0.25, 0.3) is 11.3 Å². The highest BCUT2D eigenvalue weighted by atomic mass is 32.1. The van der Waals surface area contributed by atoms with Gasteiger partial charge >= 0.3 is 6.61 Å². The van der Waals surface area contributed by atoms with Gasteiger partial charge in [0, 0.05) is 10.9 Å². The van der Waals surface area contributed by atoms with E-state index in [9.17, 15) is 17.6 Å². The molecule has 0 amide bonds. The van der Waals surface area contributed by atoms with E-state index in [-0.39, 0.29) is 16.4 Å². The van der Waals surface area contributed by atoms with Crippen LogP contribution in [0, 0.1) is 11.6 Å². The molecule has 0 aliphatic carbocycles. The van der Waals surface area contributed by atoms with Crippen molar-refractivity contribution in [2.45, 2.75) is 6.61 Å². The quantitative estimate of drug-likeness (QED) is 0.876. The van der Waals surface area contributed by atoms with Crippen LogP contribution in [0.5, 0.6) is 5.75 Å². The molecule has 2 aromatic rings. The summed E-state index contributed by atoms with van der Waals surface area (Å²) in [5.74, 6) is -3.65. The van der Waals surface area contributed by atoms with Crippen molar-refractivity contribution >= 4 is 16.5 Å². The van der Waals surface area contributed by atoms with Crippen molar-refractivity contribution in [2.75, 3.05) is 5.73 Å². The Balaban J connectivity index is 2.43. The van der Waals surface area contributed by atoms with Crippen LogP contribution in [0.2, 0.25) is 0 Å². The molecular formula is C10H6F4N2OS. The third-order valence-electron chi connectivity index (χ3n) is 2.06. The Morgan fingerprint density at radius 3 is 2.50 bits per heavy atom. The van der Waals surface area contributed by atoms with Gasteiger partial charge in [-0.15, -0.1) is 11.3 Å². The fourth-order valence-electron chi connectivity index (χ4n) is 1.33. The van der Waals surface area contributed by atoms with E-state index in [2.05, 4.69) is 9.72 Å². The van der Waals surface area contributed by atoms with E-state index < -0.39 is 24.0 Å². The average Bonchev–Trinajstić information content (AvgIpc) is 2.71. The smallest absolute Gasteiger partial charge is 0.387 e. The Bertz CT molecular complexity index is 573. The van der Waals surface area contributed by atoms with Crippen molar-refractivity contribution < 1.29 is 22.3 Å². The Hall–Kier alpha value is -1.83. The lowest BCUT2D eigenvalue weighted by Gasteiger charge is -2.08. The van der Waals surface area contributed by atoms with Crippen molar-refractivity contribution in [1.29, 1.82) is 0 Å². The minimum Gasteiger partial charge on any atom is -0.432 e. The molecule has 0 aliphatic rings. The number of nitrogens with zero attached hydrogens (tertiary/aromatic N) is 1. The molecule has 2 rings (SSSR count). The maximum atomic E-state index is 13.6. The molecule has 0 unspecified atom stereocenters. The predicted octanol–water partition coefficient (Wildman–Crippen LogP) is 3.27. The van der Waals surface area contributed by atoms with Gasteiger partial charge in [-0.25, -0.2) is 9.37 Å². The van der Waals surface area contributed by atoms with E-state index in [0.29, 0.717) is 0 Å². The monoisotopic (exact) mass is 278 g/mol. The summed E-state index contributed by atoms with van der Waals surface area (Å²) >= 11 is 1.05. The molecule has 1 aromatic heterocycles. The number of hydrogen-bond donors (Lipinski definition) is 1. The number of nitrogens with two attached hydrogens (primary N) is 1. The first-order valence-corrected chi connectivity index (χ1v) is 5.51. The molecule has 1 heterocycles. The maximum Gasteiger partial charge on any atom is 0.387 e. The van der Waals surface area contributed by atoms with Gasteiger partial charge in [0.15, 0.2) is 16.7 Å². The van der Waals surface area contributed by atoms with Gasteiger partial charge in [-0.3, -0.25) is 0 Å². The Kier molecular flexibility index (Phi) is 3.37. The molecule has 0 saturated heterocycles. The molecule has 0 fully saturated rings. The summed E-state index contributed by atoms with van der Waals surface area (Å²) in [6, 6.07) is 2.01. The van der Waals surface area contributed by atoms with Gasteiger partial charge in [-0.1, -0.05) is 0 Å². The van der Waals surface area contributed by atoms with Crippen LogP contribution < -0.4 is 10.5 Å². The van der Waals surface area contributed by atoms with Crippen LogP contribution >= 0.6 is 11.3 Å². The van der Waals surface area contributed by atoms with Crippen molar-refractivity contribution in [2.24, 2.45) is 0 Å². The van der Waals surface area contributed by atoms with Gasteiger partial charge in [-0.05, 0) is 12.1 Å². The van der Waals surface area contributed by atoms with Crippen molar-refractivity contribution in [3.8, 4) is 17.0 Å². The summed E-state index contributed by atoms with van der Waals surface area (Å²) in [6.07, 6.45) is 0. The molecular weight excluding hydrogens is 272 g/mol. The van der Waals surface area contributed by atoms with Crippen molar-refractivity contribution in [3.63, 3.8) is 0 Å². The molecule has 0 bridgehead atoms. The number of benzene rings is 1. The second-order valence-electron chi connectivity index (χ2n) is 3.19. The Morgan fingerprint density at radius 2 is 1.94 bits per heavy atom. The van der Waals surface area contributed by atoms with Crippen molar-refractivity contribution in [1.82, 2.24) is 4.98 Å². The number of ether oxygens (including phenoxy) is 1. The number of alkyl halides is 2. The number of aromatic nitrogens is 1. The normalized spacial score (nSPS) is 10.9. The molecule has 2 N–H and O–H groups in total. The van der Waals surface area contributed by atoms with E-state index in [4.69, 9.17) is 5.73 Å². The van der Waals surface area contributed by atoms with Crippen LogP contribution in [-0.4, -0.2) is 11.6 Å². The van der Waals surface area contributed by atoms with E-state index in [1.165, 1.54) is 5.38 Å². The Labute approximate surface area is 103 Å². The standard InChI is InChI=1S/C10H6F4N2OS/c11-7-4(5-3-18-10(15)16-5)1-2-6(8(7)12)17-9(13)14/h1-3,9H,(H2,15,16). The van der Waals surface area contributed by atoms with Crippen molar-refractivity contribution in [3.05, 3.63) is 29.1 Å². The average molecular weight is 278 g/mol. The van der Waals surface area contributed by atoms with Gasteiger partial charge in [0.25, 0.3) is 0 Å². The first-order valence-electron chi connectivity index (χ1n) is 4.63. The minimum absolute atomic E-state index is 0.137. The van der Waals surface area contributed by atoms with E-state index >= 15 is 0 Å². The molecule has 8 heteroatoms. The summed E-state index contributed by atoms with van der Waals surface area (Å²) in [7, 11) is 0. The third kappa shape index (κ3) is 2.37. The second kappa shape index (κ2) is 4.81. The van der Waals surface area contributed by atoms with Crippen LogP contribution in [-0.2, 0) is 0 Å². The largest absolute Gasteiger partial charge is 0.432 e. The van der Waals surface area contributed by atoms with E-state index in [1.807, 2.05) is 0 Å². The molecule has 0 aliphatic heterocycles. The molecule has 1 aromatic carbocycles. The zero-order chi connectivity index (χ0) is 13.3. The highest BCUT2D eigenvalue weighted by Gasteiger charge is 2.19. The summed E-state index contributed by atoms with van der Waals surface area (Å²) in [5, 5.41) is 1.62. The predicted molar refractivity (Wildman–Crippen MR) is 58.5 cm³/mol. The number of halogens is 4. The maximum absolute atomic E-state index is 13.6. The summed E-state index contributed by atoms with van der Waals surface area (Å²) in [5.41, 5.74) is 5.34. The minimum atomic E-state index is -3.22. The van der Waals surface area contributed by atoms with Gasteiger partial charge in [0.1, 0.15) is 0 Å². The number of thiazole rings is 1. The topological polar surface area (TPSA) is 48.1 Å². The fourth-order valence-corrected chi connectivity index (χ4v) is 1.89. The Morgan fingerprint density at radius 1 is 1.22 bits per heavy atom. The summed E-state index contributed by atoms with van der Waals surface area (Å²) in [4.78, 5) is 3.77. The molecule has 96 valence electrons. The van der Waals surface area contributed by atoms with Crippen LogP contribution in [0.3, 0.4) is 0 Å².